The molecule has 3 rings (SSSR count). The highest BCUT2D eigenvalue weighted by atomic mass is 127. The van der Waals surface area contributed by atoms with Crippen LogP contribution < -0.4 is 5.32 Å². The fraction of sp³-hybridized carbons (Fsp3) is 0.0588. The number of hydrogen-bond donors (Lipinski definition) is 1. The van der Waals surface area contributed by atoms with Gasteiger partial charge in [0, 0.05) is 14.3 Å². The molecular formula is C17H12ClIN2OS2. The first kappa shape index (κ1) is 17.7. The van der Waals surface area contributed by atoms with Gasteiger partial charge in [0.1, 0.15) is 4.32 Å². The van der Waals surface area contributed by atoms with Crippen LogP contribution in [0.5, 0.6) is 0 Å². The molecule has 1 N–H and O–H groups in total. The number of anilines is 1. The monoisotopic (exact) mass is 486 g/mol. The number of amides is 1. The van der Waals surface area contributed by atoms with Crippen LogP contribution in [0.4, 0.5) is 5.69 Å². The minimum Gasteiger partial charge on any atom is -0.367 e. The van der Waals surface area contributed by atoms with E-state index in [2.05, 4.69) is 27.9 Å². The van der Waals surface area contributed by atoms with Gasteiger partial charge in [0.05, 0.1) is 11.6 Å². The fourth-order valence-corrected chi connectivity index (χ4v) is 3.92. The van der Waals surface area contributed by atoms with Gasteiger partial charge in [-0.15, -0.1) is 0 Å². The predicted molar refractivity (Wildman–Crippen MR) is 114 cm³/mol. The van der Waals surface area contributed by atoms with Crippen molar-refractivity contribution in [3.05, 3.63) is 67.6 Å². The summed E-state index contributed by atoms with van der Waals surface area (Å²) in [6, 6.07) is 15.3. The summed E-state index contributed by atoms with van der Waals surface area (Å²) in [6.45, 7) is 0.315. The smallest absolute Gasteiger partial charge is 0.267 e. The van der Waals surface area contributed by atoms with Crippen LogP contribution in [-0.4, -0.2) is 21.8 Å². The van der Waals surface area contributed by atoms with E-state index in [0.717, 1.165) is 14.8 Å². The van der Waals surface area contributed by atoms with Crippen molar-refractivity contribution >= 4 is 80.2 Å². The Kier molecular flexibility index (Phi) is 5.80. The van der Waals surface area contributed by atoms with Crippen molar-refractivity contribution in [3.8, 4) is 0 Å². The molecule has 0 unspecified atom stereocenters. The summed E-state index contributed by atoms with van der Waals surface area (Å²) in [7, 11) is 0. The molecule has 7 heteroatoms. The molecule has 2 aromatic carbocycles. The maximum Gasteiger partial charge on any atom is 0.267 e. The summed E-state index contributed by atoms with van der Waals surface area (Å²) in [5.41, 5.74) is 1.83. The molecule has 24 heavy (non-hydrogen) atoms. The lowest BCUT2D eigenvalue weighted by Crippen LogP contribution is -2.33. The third kappa shape index (κ3) is 4.30. The van der Waals surface area contributed by atoms with Gasteiger partial charge in [0.15, 0.2) is 0 Å². The predicted octanol–water partition coefficient (Wildman–Crippen LogP) is 5.22. The minimum absolute atomic E-state index is 0.0851. The zero-order valence-electron chi connectivity index (χ0n) is 12.3. The minimum atomic E-state index is -0.0851. The lowest BCUT2D eigenvalue weighted by atomic mass is 10.2. The Morgan fingerprint density at radius 3 is 2.71 bits per heavy atom. The van der Waals surface area contributed by atoms with E-state index in [-0.39, 0.29) is 5.91 Å². The van der Waals surface area contributed by atoms with Crippen molar-refractivity contribution in [1.29, 1.82) is 0 Å². The molecule has 0 saturated carbocycles. The molecule has 1 fully saturated rings. The van der Waals surface area contributed by atoms with E-state index in [1.54, 1.807) is 17.0 Å². The Hall–Kier alpha value is -1.09. The molecule has 0 aromatic heterocycles. The topological polar surface area (TPSA) is 32.3 Å². The molecule has 3 nitrogen and oxygen atoms in total. The molecule has 0 aliphatic carbocycles. The number of benzene rings is 2. The molecule has 0 spiro atoms. The summed E-state index contributed by atoms with van der Waals surface area (Å²) < 4.78 is 1.70. The highest BCUT2D eigenvalue weighted by Crippen LogP contribution is 2.32. The van der Waals surface area contributed by atoms with Gasteiger partial charge in [0.2, 0.25) is 0 Å². The van der Waals surface area contributed by atoms with Crippen LogP contribution in [0.1, 0.15) is 5.56 Å². The van der Waals surface area contributed by atoms with E-state index in [0.29, 0.717) is 20.9 Å². The first-order valence-electron chi connectivity index (χ1n) is 7.03. The van der Waals surface area contributed by atoms with E-state index in [4.69, 9.17) is 23.8 Å². The molecule has 1 amide bonds. The SMILES string of the molecule is O=C1C(=Cc2ccc(I)cc2)SC(=S)N1CNc1cccc(Cl)c1. The van der Waals surface area contributed by atoms with Gasteiger partial charge in [-0.3, -0.25) is 9.69 Å². The number of halogens is 2. The molecule has 1 aliphatic heterocycles. The summed E-state index contributed by atoms with van der Waals surface area (Å²) in [6.07, 6.45) is 1.87. The van der Waals surface area contributed by atoms with E-state index >= 15 is 0 Å². The second kappa shape index (κ2) is 7.86. The number of nitrogens with zero attached hydrogens (tertiary/aromatic N) is 1. The summed E-state index contributed by atoms with van der Waals surface area (Å²) >= 11 is 14.9. The molecule has 0 atom stereocenters. The summed E-state index contributed by atoms with van der Waals surface area (Å²) in [4.78, 5) is 14.7. The maximum atomic E-state index is 12.6. The van der Waals surface area contributed by atoms with Crippen LogP contribution in [-0.2, 0) is 4.79 Å². The van der Waals surface area contributed by atoms with Gasteiger partial charge in [-0.2, -0.15) is 0 Å². The van der Waals surface area contributed by atoms with E-state index in [1.165, 1.54) is 11.8 Å². The Labute approximate surface area is 168 Å². The van der Waals surface area contributed by atoms with Crippen molar-refractivity contribution in [2.75, 3.05) is 12.0 Å². The Morgan fingerprint density at radius 2 is 2.00 bits per heavy atom. The number of thioether (sulfide) groups is 1. The molecule has 122 valence electrons. The first-order chi connectivity index (χ1) is 11.5. The van der Waals surface area contributed by atoms with Crippen molar-refractivity contribution in [2.45, 2.75) is 0 Å². The van der Waals surface area contributed by atoms with Gasteiger partial charge in [-0.25, -0.2) is 0 Å². The Balaban J connectivity index is 1.71. The zero-order valence-corrected chi connectivity index (χ0v) is 16.9. The largest absolute Gasteiger partial charge is 0.367 e. The number of thiocarbonyl (C=S) groups is 1. The first-order valence-corrected chi connectivity index (χ1v) is 9.71. The average molecular weight is 487 g/mol. The van der Waals surface area contributed by atoms with Gasteiger partial charge in [0.25, 0.3) is 5.91 Å². The molecule has 1 saturated heterocycles. The van der Waals surface area contributed by atoms with Gasteiger partial charge in [-0.1, -0.05) is 53.8 Å². The van der Waals surface area contributed by atoms with Crippen LogP contribution in [0.15, 0.2) is 53.4 Å². The molecular weight excluding hydrogens is 475 g/mol. The third-order valence-electron chi connectivity index (χ3n) is 3.31. The lowest BCUT2D eigenvalue weighted by Gasteiger charge is -2.16. The van der Waals surface area contributed by atoms with Gasteiger partial charge < -0.3 is 5.32 Å². The number of rotatable bonds is 4. The van der Waals surface area contributed by atoms with Crippen LogP contribution in [0.2, 0.25) is 5.02 Å². The van der Waals surface area contributed by atoms with Crippen LogP contribution >= 0.6 is 58.2 Å². The van der Waals surface area contributed by atoms with Gasteiger partial charge >= 0.3 is 0 Å². The second-order valence-corrected chi connectivity index (χ2v) is 8.36. The van der Waals surface area contributed by atoms with Crippen molar-refractivity contribution in [1.82, 2.24) is 4.90 Å². The Bertz CT molecular complexity index is 824. The van der Waals surface area contributed by atoms with Crippen molar-refractivity contribution < 1.29 is 4.79 Å². The Morgan fingerprint density at radius 1 is 1.25 bits per heavy atom. The molecule has 0 radical (unpaired) electrons. The van der Waals surface area contributed by atoms with E-state index in [9.17, 15) is 4.79 Å². The van der Waals surface area contributed by atoms with Gasteiger partial charge in [-0.05, 0) is 64.6 Å². The zero-order chi connectivity index (χ0) is 17.1. The van der Waals surface area contributed by atoms with Crippen LogP contribution in [0, 0.1) is 3.57 Å². The van der Waals surface area contributed by atoms with Crippen LogP contribution in [0.3, 0.4) is 0 Å². The second-order valence-electron chi connectivity index (χ2n) is 5.01. The molecule has 1 heterocycles. The summed E-state index contributed by atoms with van der Waals surface area (Å²) in [5.74, 6) is -0.0851. The highest BCUT2D eigenvalue weighted by Gasteiger charge is 2.31. The normalized spacial score (nSPS) is 16.1. The standard InChI is InChI=1S/C17H12ClIN2OS2/c18-12-2-1-3-14(9-12)20-10-21-16(22)15(24-17(21)23)8-11-4-6-13(19)7-5-11/h1-9,20H,10H2. The summed E-state index contributed by atoms with van der Waals surface area (Å²) in [5, 5.41) is 3.81. The molecule has 2 aromatic rings. The lowest BCUT2D eigenvalue weighted by molar-refractivity contribution is -0.121. The third-order valence-corrected chi connectivity index (χ3v) is 5.64. The molecule has 0 bridgehead atoms. The maximum absolute atomic E-state index is 12.6. The average Bonchev–Trinajstić information content (AvgIpc) is 2.82. The number of hydrogen-bond acceptors (Lipinski definition) is 4. The fourth-order valence-electron chi connectivity index (χ4n) is 2.12. The van der Waals surface area contributed by atoms with Crippen molar-refractivity contribution in [2.24, 2.45) is 0 Å². The molecule has 1 aliphatic rings. The number of nitrogens with one attached hydrogen (secondary N) is 1. The quantitative estimate of drug-likeness (QED) is 0.365. The van der Waals surface area contributed by atoms with Crippen molar-refractivity contribution in [3.63, 3.8) is 0 Å². The van der Waals surface area contributed by atoms with E-state index < -0.39 is 0 Å². The van der Waals surface area contributed by atoms with Crippen LogP contribution in [0.25, 0.3) is 6.08 Å². The number of carbonyl (C=O) groups is 1. The number of carbonyl (C=O) groups excluding carboxylic acids is 1. The highest BCUT2D eigenvalue weighted by molar-refractivity contribution is 14.1. The van der Waals surface area contributed by atoms with E-state index in [1.807, 2.05) is 42.5 Å².